The number of carbonyl (C=O) groups excluding carboxylic acids is 1. The molecule has 0 heterocycles. The van der Waals surface area contributed by atoms with E-state index >= 15 is 0 Å². The van der Waals surface area contributed by atoms with E-state index in [4.69, 9.17) is 11.6 Å². The Morgan fingerprint density at radius 3 is 2.59 bits per heavy atom. The van der Waals surface area contributed by atoms with Gasteiger partial charge in [-0.2, -0.15) is 0 Å². The molecule has 22 heavy (non-hydrogen) atoms. The first-order valence-electron chi connectivity index (χ1n) is 6.91. The number of hydrogen-bond donors (Lipinski definition) is 1. The zero-order valence-corrected chi connectivity index (χ0v) is 13.5. The Kier molecular flexibility index (Phi) is 5.03. The summed E-state index contributed by atoms with van der Waals surface area (Å²) in [6.45, 7) is 1.83. The number of anilines is 1. The molecule has 116 valence electrons. The van der Waals surface area contributed by atoms with E-state index in [0.717, 1.165) is 11.3 Å². The first kappa shape index (κ1) is 16.3. The fourth-order valence-corrected chi connectivity index (χ4v) is 2.26. The minimum Gasteiger partial charge on any atom is -0.378 e. The van der Waals surface area contributed by atoms with Gasteiger partial charge in [0.05, 0.1) is 11.1 Å². The van der Waals surface area contributed by atoms with Gasteiger partial charge in [0.2, 0.25) is 0 Å². The van der Waals surface area contributed by atoms with Gasteiger partial charge >= 0.3 is 0 Å². The lowest BCUT2D eigenvalue weighted by molar-refractivity contribution is 0.0940. The van der Waals surface area contributed by atoms with Crippen LogP contribution in [0.3, 0.4) is 0 Å². The molecule has 2 aromatic carbocycles. The third-order valence-electron chi connectivity index (χ3n) is 3.42. The molecule has 0 aliphatic heterocycles. The Morgan fingerprint density at radius 2 is 1.95 bits per heavy atom. The van der Waals surface area contributed by atoms with Crippen LogP contribution in [0.25, 0.3) is 0 Å². The van der Waals surface area contributed by atoms with Gasteiger partial charge in [-0.25, -0.2) is 4.39 Å². The van der Waals surface area contributed by atoms with E-state index in [1.807, 2.05) is 44.1 Å². The highest BCUT2D eigenvalue weighted by atomic mass is 35.5. The predicted molar refractivity (Wildman–Crippen MR) is 88.1 cm³/mol. The molecule has 2 rings (SSSR count). The van der Waals surface area contributed by atoms with Crippen molar-refractivity contribution in [2.45, 2.75) is 13.0 Å². The van der Waals surface area contributed by atoms with E-state index in [2.05, 4.69) is 5.32 Å². The molecule has 0 bridgehead atoms. The Balaban J connectivity index is 2.14. The third kappa shape index (κ3) is 3.77. The number of nitrogens with zero attached hydrogens (tertiary/aromatic N) is 1. The van der Waals surface area contributed by atoms with Crippen LogP contribution in [0.4, 0.5) is 10.1 Å². The highest BCUT2D eigenvalue weighted by Gasteiger charge is 2.13. The van der Waals surface area contributed by atoms with Crippen LogP contribution in [0, 0.1) is 5.82 Å². The fraction of sp³-hybridized carbons (Fsp3) is 0.235. The van der Waals surface area contributed by atoms with Gasteiger partial charge in [-0.15, -0.1) is 0 Å². The van der Waals surface area contributed by atoms with Crippen LogP contribution >= 0.6 is 11.6 Å². The van der Waals surface area contributed by atoms with Crippen molar-refractivity contribution in [3.05, 3.63) is 64.4 Å². The number of amides is 1. The number of halogens is 2. The molecule has 1 amide bonds. The zero-order chi connectivity index (χ0) is 16.3. The fourth-order valence-electron chi connectivity index (χ4n) is 2.07. The Bertz CT molecular complexity index is 688. The standard InChI is InChI=1S/C17H18ClFN2O/c1-11(12-7-8-16(19)15(18)10-12)20-17(22)13-5-4-6-14(9-13)21(2)3/h4-11H,1-3H3,(H,20,22). The summed E-state index contributed by atoms with van der Waals surface area (Å²) >= 11 is 5.77. The highest BCUT2D eigenvalue weighted by molar-refractivity contribution is 6.30. The van der Waals surface area contributed by atoms with Gasteiger partial charge < -0.3 is 10.2 Å². The van der Waals surface area contributed by atoms with Crippen LogP contribution in [-0.4, -0.2) is 20.0 Å². The lowest BCUT2D eigenvalue weighted by Gasteiger charge is -2.17. The summed E-state index contributed by atoms with van der Waals surface area (Å²) in [7, 11) is 3.83. The molecule has 0 radical (unpaired) electrons. The van der Waals surface area contributed by atoms with Crippen molar-refractivity contribution in [1.29, 1.82) is 0 Å². The summed E-state index contributed by atoms with van der Waals surface area (Å²) in [4.78, 5) is 14.2. The minimum atomic E-state index is -0.470. The van der Waals surface area contributed by atoms with E-state index in [1.165, 1.54) is 12.1 Å². The highest BCUT2D eigenvalue weighted by Crippen LogP contribution is 2.21. The van der Waals surface area contributed by atoms with Crippen molar-refractivity contribution >= 4 is 23.2 Å². The van der Waals surface area contributed by atoms with Crippen molar-refractivity contribution < 1.29 is 9.18 Å². The maximum atomic E-state index is 13.2. The molecular formula is C17H18ClFN2O. The lowest BCUT2D eigenvalue weighted by atomic mass is 10.1. The number of rotatable bonds is 4. The molecule has 1 unspecified atom stereocenters. The largest absolute Gasteiger partial charge is 0.378 e. The average Bonchev–Trinajstić information content (AvgIpc) is 2.50. The number of carbonyl (C=O) groups is 1. The summed E-state index contributed by atoms with van der Waals surface area (Å²) in [6.07, 6.45) is 0. The van der Waals surface area contributed by atoms with Crippen molar-refractivity contribution in [2.24, 2.45) is 0 Å². The van der Waals surface area contributed by atoms with Gasteiger partial charge in [0.25, 0.3) is 5.91 Å². The van der Waals surface area contributed by atoms with E-state index in [0.29, 0.717) is 5.56 Å². The molecule has 5 heteroatoms. The number of benzene rings is 2. The van der Waals surface area contributed by atoms with Gasteiger partial charge in [0, 0.05) is 25.3 Å². The summed E-state index contributed by atoms with van der Waals surface area (Å²) in [5.41, 5.74) is 2.28. The van der Waals surface area contributed by atoms with Gasteiger partial charge in [-0.05, 0) is 42.8 Å². The van der Waals surface area contributed by atoms with Crippen LogP contribution in [0.1, 0.15) is 28.9 Å². The van der Waals surface area contributed by atoms with Crippen molar-refractivity contribution in [1.82, 2.24) is 5.32 Å². The molecule has 0 fully saturated rings. The Morgan fingerprint density at radius 1 is 1.23 bits per heavy atom. The first-order chi connectivity index (χ1) is 10.4. The molecule has 1 atom stereocenters. The van der Waals surface area contributed by atoms with Crippen LogP contribution in [0.2, 0.25) is 5.02 Å². The molecule has 0 aliphatic carbocycles. The van der Waals surface area contributed by atoms with Crippen LogP contribution < -0.4 is 10.2 Å². The molecule has 2 aromatic rings. The zero-order valence-electron chi connectivity index (χ0n) is 12.7. The van der Waals surface area contributed by atoms with Gasteiger partial charge in [-0.3, -0.25) is 4.79 Å². The molecule has 3 nitrogen and oxygen atoms in total. The number of hydrogen-bond acceptors (Lipinski definition) is 2. The van der Waals surface area contributed by atoms with E-state index in [9.17, 15) is 9.18 Å². The molecule has 1 N–H and O–H groups in total. The normalized spacial score (nSPS) is 11.9. The van der Waals surface area contributed by atoms with Crippen molar-refractivity contribution in [3.8, 4) is 0 Å². The maximum absolute atomic E-state index is 13.2. The van der Waals surface area contributed by atoms with Crippen LogP contribution in [-0.2, 0) is 0 Å². The van der Waals surface area contributed by atoms with E-state index in [-0.39, 0.29) is 17.0 Å². The van der Waals surface area contributed by atoms with Crippen molar-refractivity contribution in [2.75, 3.05) is 19.0 Å². The lowest BCUT2D eigenvalue weighted by Crippen LogP contribution is -2.26. The van der Waals surface area contributed by atoms with Crippen LogP contribution in [0.15, 0.2) is 42.5 Å². The second kappa shape index (κ2) is 6.79. The number of nitrogens with one attached hydrogen (secondary N) is 1. The molecule has 0 saturated heterocycles. The topological polar surface area (TPSA) is 32.3 Å². The first-order valence-corrected chi connectivity index (χ1v) is 7.29. The molecule has 0 saturated carbocycles. The third-order valence-corrected chi connectivity index (χ3v) is 3.71. The molecule has 0 aromatic heterocycles. The van der Waals surface area contributed by atoms with E-state index in [1.54, 1.807) is 12.1 Å². The Hall–Kier alpha value is -2.07. The second-order valence-electron chi connectivity index (χ2n) is 5.31. The van der Waals surface area contributed by atoms with Gasteiger partial charge in [0.1, 0.15) is 5.82 Å². The maximum Gasteiger partial charge on any atom is 0.251 e. The minimum absolute atomic E-state index is 0.0493. The molecular weight excluding hydrogens is 303 g/mol. The smallest absolute Gasteiger partial charge is 0.251 e. The van der Waals surface area contributed by atoms with Gasteiger partial charge in [0.15, 0.2) is 0 Å². The molecule has 0 aliphatic rings. The summed E-state index contributed by atoms with van der Waals surface area (Å²) in [5, 5.41) is 2.94. The van der Waals surface area contributed by atoms with E-state index < -0.39 is 5.82 Å². The summed E-state index contributed by atoms with van der Waals surface area (Å²) in [5.74, 6) is -0.653. The predicted octanol–water partition coefficient (Wildman–Crippen LogP) is 4.04. The van der Waals surface area contributed by atoms with Gasteiger partial charge in [-0.1, -0.05) is 23.7 Å². The Labute approximate surface area is 134 Å². The van der Waals surface area contributed by atoms with Crippen LogP contribution in [0.5, 0.6) is 0 Å². The monoisotopic (exact) mass is 320 g/mol. The average molecular weight is 321 g/mol. The SMILES string of the molecule is CC(NC(=O)c1cccc(N(C)C)c1)c1ccc(F)c(Cl)c1. The second-order valence-corrected chi connectivity index (χ2v) is 5.72. The summed E-state index contributed by atoms with van der Waals surface area (Å²) < 4.78 is 13.2. The van der Waals surface area contributed by atoms with Crippen molar-refractivity contribution in [3.63, 3.8) is 0 Å². The molecule has 0 spiro atoms. The summed E-state index contributed by atoms with van der Waals surface area (Å²) in [6, 6.07) is 11.5. The quantitative estimate of drug-likeness (QED) is 0.922.